The topological polar surface area (TPSA) is 102 Å². The number of carbonyl (C=O) groups is 1. The molecule has 0 aliphatic carbocycles. The molecule has 3 rings (SSSR count). The lowest BCUT2D eigenvalue weighted by Crippen LogP contribution is -1.96. The van der Waals surface area contributed by atoms with E-state index < -0.39 is 5.97 Å². The second-order valence-electron chi connectivity index (χ2n) is 5.25. The number of phenols is 1. The van der Waals surface area contributed by atoms with Gasteiger partial charge in [0.05, 0.1) is 24.9 Å². The van der Waals surface area contributed by atoms with Gasteiger partial charge in [0.2, 0.25) is 0 Å². The minimum absolute atomic E-state index is 0.0660. The lowest BCUT2D eigenvalue weighted by molar-refractivity contribution is 0.0694. The molecule has 0 aliphatic heterocycles. The maximum absolute atomic E-state index is 10.7. The molecule has 0 spiro atoms. The summed E-state index contributed by atoms with van der Waals surface area (Å²) in [7, 11) is 3.07. The summed E-state index contributed by atoms with van der Waals surface area (Å²) >= 11 is 5.82. The molecule has 0 heterocycles. The highest BCUT2D eigenvalue weighted by Gasteiger charge is 2.10. The monoisotopic (exact) mass is 375 g/mol. The van der Waals surface area contributed by atoms with Crippen molar-refractivity contribution in [1.82, 2.24) is 0 Å². The summed E-state index contributed by atoms with van der Waals surface area (Å²) in [6, 6.07) is 13.5. The molecule has 0 amide bonds. The standard InChI is InChI=1S/C11H8O3.C8H10ClNO2/c12-10-6-8-4-2-1-3-7(8)5-9(10)11(13)14;1-11-7-4-6(10)8(12-2)3-5(7)9/h1-6,12H,(H,13,14);3-4H,10H2,1-2H3. The molecule has 0 radical (unpaired) electrons. The molecule has 7 heteroatoms. The summed E-state index contributed by atoms with van der Waals surface area (Å²) < 4.78 is 9.92. The van der Waals surface area contributed by atoms with Crippen molar-refractivity contribution < 1.29 is 24.5 Å². The van der Waals surface area contributed by atoms with Crippen LogP contribution in [0.25, 0.3) is 10.8 Å². The molecule has 0 saturated carbocycles. The highest BCUT2D eigenvalue weighted by molar-refractivity contribution is 6.32. The van der Waals surface area contributed by atoms with Gasteiger partial charge >= 0.3 is 5.97 Å². The predicted molar refractivity (Wildman–Crippen MR) is 102 cm³/mol. The fourth-order valence-electron chi connectivity index (χ4n) is 2.28. The van der Waals surface area contributed by atoms with Crippen molar-refractivity contribution in [3.63, 3.8) is 0 Å². The van der Waals surface area contributed by atoms with Crippen LogP contribution in [0.15, 0.2) is 48.5 Å². The lowest BCUT2D eigenvalue weighted by Gasteiger charge is -2.08. The van der Waals surface area contributed by atoms with Crippen LogP contribution in [0, 0.1) is 0 Å². The number of anilines is 1. The maximum Gasteiger partial charge on any atom is 0.339 e. The number of methoxy groups -OCH3 is 2. The van der Waals surface area contributed by atoms with Gasteiger partial charge in [-0.15, -0.1) is 0 Å². The second kappa shape index (κ2) is 8.31. The number of benzene rings is 3. The first-order valence-electron chi connectivity index (χ1n) is 7.49. The van der Waals surface area contributed by atoms with Crippen molar-refractivity contribution in [1.29, 1.82) is 0 Å². The Morgan fingerprint density at radius 2 is 1.58 bits per heavy atom. The molecule has 0 atom stereocenters. The van der Waals surface area contributed by atoms with Crippen LogP contribution in [0.1, 0.15) is 10.4 Å². The van der Waals surface area contributed by atoms with Gasteiger partial charge in [0.25, 0.3) is 0 Å². The van der Waals surface area contributed by atoms with E-state index in [4.69, 9.17) is 31.9 Å². The number of hydrogen-bond acceptors (Lipinski definition) is 5. The number of aromatic carboxylic acids is 1. The molecule has 4 N–H and O–H groups in total. The first kappa shape index (κ1) is 19.2. The zero-order chi connectivity index (χ0) is 19.3. The van der Waals surface area contributed by atoms with Gasteiger partial charge in [-0.2, -0.15) is 0 Å². The smallest absolute Gasteiger partial charge is 0.339 e. The lowest BCUT2D eigenvalue weighted by atomic mass is 10.1. The summed E-state index contributed by atoms with van der Waals surface area (Å²) in [4.78, 5) is 10.7. The molecular formula is C19H18ClNO5. The molecule has 0 aromatic heterocycles. The summed E-state index contributed by atoms with van der Waals surface area (Å²) in [6.45, 7) is 0. The minimum atomic E-state index is -1.12. The number of nitrogen functional groups attached to an aromatic ring is 1. The van der Waals surface area contributed by atoms with Crippen molar-refractivity contribution in [2.45, 2.75) is 0 Å². The average molecular weight is 376 g/mol. The molecule has 0 saturated heterocycles. The Kier molecular flexibility index (Phi) is 6.14. The van der Waals surface area contributed by atoms with Gasteiger partial charge in [-0.1, -0.05) is 35.9 Å². The third-order valence-electron chi connectivity index (χ3n) is 3.60. The van der Waals surface area contributed by atoms with Crippen molar-refractivity contribution in [2.24, 2.45) is 0 Å². The second-order valence-corrected chi connectivity index (χ2v) is 5.66. The Morgan fingerprint density at radius 3 is 2.12 bits per heavy atom. The molecule has 26 heavy (non-hydrogen) atoms. The fourth-order valence-corrected chi connectivity index (χ4v) is 2.51. The number of aromatic hydroxyl groups is 1. The van der Waals surface area contributed by atoms with Gasteiger partial charge in [-0.25, -0.2) is 4.79 Å². The van der Waals surface area contributed by atoms with E-state index in [1.807, 2.05) is 18.2 Å². The number of ether oxygens (including phenoxy) is 2. The Hall–Kier alpha value is -3.12. The van der Waals surface area contributed by atoms with Gasteiger partial charge in [-0.05, 0) is 22.9 Å². The van der Waals surface area contributed by atoms with Crippen LogP contribution in [0.5, 0.6) is 17.2 Å². The van der Waals surface area contributed by atoms with E-state index in [0.717, 1.165) is 10.8 Å². The Labute approximate surface area is 155 Å². The van der Waals surface area contributed by atoms with Crippen molar-refractivity contribution in [2.75, 3.05) is 20.0 Å². The number of nitrogens with two attached hydrogens (primary N) is 1. The molecule has 0 unspecified atom stereocenters. The zero-order valence-corrected chi connectivity index (χ0v) is 14.9. The summed E-state index contributed by atoms with van der Waals surface area (Å²) in [5.41, 5.74) is 6.06. The quantitative estimate of drug-likeness (QED) is 0.593. The molecule has 3 aromatic rings. The van der Waals surface area contributed by atoms with Crippen LogP contribution < -0.4 is 15.2 Å². The molecule has 0 fully saturated rings. The number of rotatable bonds is 3. The van der Waals surface area contributed by atoms with E-state index in [1.165, 1.54) is 26.4 Å². The molecular weight excluding hydrogens is 358 g/mol. The first-order chi connectivity index (χ1) is 12.4. The van der Waals surface area contributed by atoms with E-state index in [1.54, 1.807) is 18.2 Å². The van der Waals surface area contributed by atoms with Gasteiger partial charge < -0.3 is 25.4 Å². The van der Waals surface area contributed by atoms with Crippen LogP contribution in [-0.2, 0) is 0 Å². The number of carboxylic acid groups (broad SMARTS) is 1. The summed E-state index contributed by atoms with van der Waals surface area (Å²) in [6.07, 6.45) is 0. The zero-order valence-electron chi connectivity index (χ0n) is 14.2. The van der Waals surface area contributed by atoms with E-state index in [-0.39, 0.29) is 11.3 Å². The van der Waals surface area contributed by atoms with Gasteiger partial charge in [-0.3, -0.25) is 0 Å². The van der Waals surface area contributed by atoms with Gasteiger partial charge in [0.15, 0.2) is 0 Å². The average Bonchev–Trinajstić information content (AvgIpc) is 2.63. The Morgan fingerprint density at radius 1 is 1.00 bits per heavy atom. The number of hydrogen-bond donors (Lipinski definition) is 3. The Bertz CT molecular complexity index is 913. The molecule has 0 aliphatic rings. The summed E-state index contributed by atoms with van der Waals surface area (Å²) in [5.74, 6) is -0.208. The normalized spacial score (nSPS) is 9.96. The first-order valence-corrected chi connectivity index (χ1v) is 7.87. The third kappa shape index (κ3) is 4.29. The van der Waals surface area contributed by atoms with Crippen LogP contribution in [0.3, 0.4) is 0 Å². The number of fused-ring (bicyclic) bond motifs is 1. The van der Waals surface area contributed by atoms with Gasteiger partial charge in [0.1, 0.15) is 22.8 Å². The molecule has 136 valence electrons. The number of carboxylic acids is 1. The van der Waals surface area contributed by atoms with Crippen LogP contribution in [0.4, 0.5) is 5.69 Å². The SMILES string of the molecule is COc1cc(Cl)c(OC)cc1N.O=C(O)c1cc2ccccc2cc1O. The third-order valence-corrected chi connectivity index (χ3v) is 3.89. The molecule has 3 aromatic carbocycles. The predicted octanol–water partition coefficient (Wildman–Crippen LogP) is 4.18. The highest BCUT2D eigenvalue weighted by atomic mass is 35.5. The van der Waals surface area contributed by atoms with Crippen LogP contribution in [-0.4, -0.2) is 30.4 Å². The highest BCUT2D eigenvalue weighted by Crippen LogP contribution is 2.33. The maximum atomic E-state index is 10.7. The van der Waals surface area contributed by atoms with E-state index in [0.29, 0.717) is 22.2 Å². The largest absolute Gasteiger partial charge is 0.507 e. The molecule has 0 bridgehead atoms. The van der Waals surface area contributed by atoms with Crippen LogP contribution in [0.2, 0.25) is 5.02 Å². The summed E-state index contributed by atoms with van der Waals surface area (Å²) in [5, 5.41) is 20.3. The minimum Gasteiger partial charge on any atom is -0.507 e. The van der Waals surface area contributed by atoms with Crippen molar-refractivity contribution in [3.8, 4) is 17.2 Å². The van der Waals surface area contributed by atoms with E-state index in [2.05, 4.69) is 0 Å². The van der Waals surface area contributed by atoms with Gasteiger partial charge in [0, 0.05) is 12.1 Å². The van der Waals surface area contributed by atoms with E-state index in [9.17, 15) is 9.90 Å². The molecule has 6 nitrogen and oxygen atoms in total. The van der Waals surface area contributed by atoms with Crippen molar-refractivity contribution in [3.05, 3.63) is 59.1 Å². The number of halogens is 1. The Balaban J connectivity index is 0.000000190. The van der Waals surface area contributed by atoms with Crippen molar-refractivity contribution >= 4 is 34.0 Å². The fraction of sp³-hybridized carbons (Fsp3) is 0.105. The van der Waals surface area contributed by atoms with Crippen LogP contribution >= 0.6 is 11.6 Å². The van der Waals surface area contributed by atoms with E-state index >= 15 is 0 Å².